The first-order valence-corrected chi connectivity index (χ1v) is 7.53. The number of rotatable bonds is 2. The molecule has 4 aliphatic rings. The maximum Gasteiger partial charge on any atom is 0.0281 e. The molecule has 2 unspecified atom stereocenters. The number of nitrogens with two attached hydrogens (primary N) is 1. The minimum atomic E-state index is 0.320. The Morgan fingerprint density at radius 1 is 1.18 bits per heavy atom. The Balaban J connectivity index is 1.55. The van der Waals surface area contributed by atoms with E-state index >= 15 is 0 Å². The molecule has 0 heterocycles. The molecule has 0 aromatic rings. The van der Waals surface area contributed by atoms with E-state index in [0.29, 0.717) is 11.0 Å². The molecule has 96 valence electrons. The topological polar surface area (TPSA) is 29.3 Å². The van der Waals surface area contributed by atoms with Crippen LogP contribution in [-0.2, 0) is 0 Å². The Morgan fingerprint density at radius 2 is 1.94 bits per heavy atom. The van der Waals surface area contributed by atoms with Crippen LogP contribution in [0.15, 0.2) is 0 Å². The highest BCUT2D eigenvalue weighted by molar-refractivity contribution is 5.40. The van der Waals surface area contributed by atoms with Gasteiger partial charge in [-0.05, 0) is 75.3 Å². The van der Waals surface area contributed by atoms with E-state index in [4.69, 9.17) is 5.73 Å². The summed E-state index contributed by atoms with van der Waals surface area (Å²) in [5.41, 5.74) is 7.69. The molecule has 4 rings (SSSR count). The molecule has 1 spiro atoms. The van der Waals surface area contributed by atoms with Crippen LogP contribution in [0.4, 0.5) is 0 Å². The van der Waals surface area contributed by atoms with E-state index in [-0.39, 0.29) is 0 Å². The molecule has 0 bridgehead atoms. The van der Waals surface area contributed by atoms with Crippen LogP contribution in [0.3, 0.4) is 0 Å². The van der Waals surface area contributed by atoms with Crippen LogP contribution >= 0.6 is 0 Å². The van der Waals surface area contributed by atoms with E-state index < -0.39 is 0 Å². The second-order valence-electron chi connectivity index (χ2n) is 7.63. The zero-order valence-corrected chi connectivity index (χ0v) is 11.3. The standard InChI is InChI=1S/C15H26N2/c1-17(2)9-10-4-3-7-14(8-10)11-5-6-12-13(11)15(12,14)16/h10-13H,3-9,16H2,1-2H3/t10?,11-,12+,13?,14+,15+/m0/s1. The number of fused-ring (bicyclic) bond motifs is 3. The lowest BCUT2D eigenvalue weighted by Gasteiger charge is -2.59. The predicted molar refractivity (Wildman–Crippen MR) is 69.6 cm³/mol. The average Bonchev–Trinajstić information content (AvgIpc) is 2.67. The van der Waals surface area contributed by atoms with Crippen molar-refractivity contribution in [1.82, 2.24) is 4.90 Å². The molecule has 0 aromatic heterocycles. The van der Waals surface area contributed by atoms with Gasteiger partial charge in [-0.25, -0.2) is 0 Å². The van der Waals surface area contributed by atoms with E-state index in [1.165, 1.54) is 45.1 Å². The lowest BCUT2D eigenvalue weighted by Crippen LogP contribution is -2.63. The highest BCUT2D eigenvalue weighted by Gasteiger charge is 2.87. The molecule has 2 N–H and O–H groups in total. The summed E-state index contributed by atoms with van der Waals surface area (Å²) in [6.45, 7) is 1.28. The fourth-order valence-electron chi connectivity index (χ4n) is 6.46. The average molecular weight is 234 g/mol. The van der Waals surface area contributed by atoms with Crippen LogP contribution in [0.25, 0.3) is 0 Å². The van der Waals surface area contributed by atoms with Gasteiger partial charge in [-0.3, -0.25) is 0 Å². The third-order valence-electron chi connectivity index (χ3n) is 6.80. The minimum absolute atomic E-state index is 0.320. The van der Waals surface area contributed by atoms with Crippen molar-refractivity contribution in [3.05, 3.63) is 0 Å². The Bertz CT molecular complexity index is 347. The van der Waals surface area contributed by atoms with Gasteiger partial charge in [0.2, 0.25) is 0 Å². The summed E-state index contributed by atoms with van der Waals surface area (Å²) in [6, 6.07) is 0. The summed E-state index contributed by atoms with van der Waals surface area (Å²) < 4.78 is 0. The Morgan fingerprint density at radius 3 is 2.59 bits per heavy atom. The second-order valence-corrected chi connectivity index (χ2v) is 7.63. The summed E-state index contributed by atoms with van der Waals surface area (Å²) in [6.07, 6.45) is 8.73. The molecule has 0 radical (unpaired) electrons. The highest BCUT2D eigenvalue weighted by Crippen LogP contribution is 2.85. The SMILES string of the molecule is CN(C)CC1CCC[C@@]2(C1)[C@H]1CC[C@@H]3C1[C@]32N. The predicted octanol–water partition coefficient (Wildman–Crippen LogP) is 2.09. The zero-order chi connectivity index (χ0) is 11.8. The summed E-state index contributed by atoms with van der Waals surface area (Å²) in [5.74, 6) is 3.84. The first-order chi connectivity index (χ1) is 8.09. The highest BCUT2D eigenvalue weighted by atomic mass is 15.1. The summed E-state index contributed by atoms with van der Waals surface area (Å²) >= 11 is 0. The van der Waals surface area contributed by atoms with Crippen LogP contribution in [0, 0.1) is 29.1 Å². The van der Waals surface area contributed by atoms with E-state index in [2.05, 4.69) is 19.0 Å². The van der Waals surface area contributed by atoms with Crippen molar-refractivity contribution in [2.24, 2.45) is 34.8 Å². The molecule has 0 aromatic carbocycles. The van der Waals surface area contributed by atoms with Crippen LogP contribution in [-0.4, -0.2) is 31.1 Å². The minimum Gasteiger partial charge on any atom is -0.324 e. The fraction of sp³-hybridized carbons (Fsp3) is 1.00. The second kappa shape index (κ2) is 3.08. The van der Waals surface area contributed by atoms with Crippen molar-refractivity contribution in [2.45, 2.75) is 44.1 Å². The molecule has 0 amide bonds. The van der Waals surface area contributed by atoms with Crippen molar-refractivity contribution in [3.63, 3.8) is 0 Å². The van der Waals surface area contributed by atoms with Gasteiger partial charge in [-0.15, -0.1) is 0 Å². The van der Waals surface area contributed by atoms with Crippen LogP contribution < -0.4 is 5.73 Å². The van der Waals surface area contributed by atoms with Crippen molar-refractivity contribution < 1.29 is 0 Å². The number of hydrogen-bond acceptors (Lipinski definition) is 2. The molecule has 2 heteroatoms. The van der Waals surface area contributed by atoms with Gasteiger partial charge < -0.3 is 10.6 Å². The first kappa shape index (κ1) is 10.8. The Labute approximate surface area is 105 Å². The van der Waals surface area contributed by atoms with Crippen molar-refractivity contribution >= 4 is 0 Å². The van der Waals surface area contributed by atoms with Crippen LogP contribution in [0.2, 0.25) is 0 Å². The quantitative estimate of drug-likeness (QED) is 0.793. The maximum absolute atomic E-state index is 6.77. The lowest BCUT2D eigenvalue weighted by atomic mass is 9.47. The van der Waals surface area contributed by atoms with Crippen molar-refractivity contribution in [2.75, 3.05) is 20.6 Å². The number of nitrogens with zero attached hydrogens (tertiary/aromatic N) is 1. The van der Waals surface area contributed by atoms with Crippen LogP contribution in [0.1, 0.15) is 38.5 Å². The van der Waals surface area contributed by atoms with Gasteiger partial charge in [0.25, 0.3) is 0 Å². The molecular weight excluding hydrogens is 208 g/mol. The van der Waals surface area contributed by atoms with Gasteiger partial charge in [0.05, 0.1) is 0 Å². The van der Waals surface area contributed by atoms with Crippen molar-refractivity contribution in [3.8, 4) is 0 Å². The molecule has 4 fully saturated rings. The van der Waals surface area contributed by atoms with E-state index in [9.17, 15) is 0 Å². The molecule has 4 saturated carbocycles. The molecule has 0 saturated heterocycles. The molecular formula is C15H26N2. The Kier molecular flexibility index (Phi) is 1.96. The van der Waals surface area contributed by atoms with Gasteiger partial charge >= 0.3 is 0 Å². The van der Waals surface area contributed by atoms with Gasteiger partial charge in [0, 0.05) is 12.1 Å². The molecule has 0 aliphatic heterocycles. The third-order valence-corrected chi connectivity index (χ3v) is 6.80. The molecule has 6 atom stereocenters. The van der Waals surface area contributed by atoms with Crippen molar-refractivity contribution in [1.29, 1.82) is 0 Å². The smallest absolute Gasteiger partial charge is 0.0281 e. The molecule has 17 heavy (non-hydrogen) atoms. The summed E-state index contributed by atoms with van der Waals surface area (Å²) in [4.78, 5) is 2.37. The van der Waals surface area contributed by atoms with E-state index in [0.717, 1.165) is 23.7 Å². The lowest BCUT2D eigenvalue weighted by molar-refractivity contribution is -0.0743. The van der Waals surface area contributed by atoms with E-state index in [1.807, 2.05) is 0 Å². The zero-order valence-electron chi connectivity index (χ0n) is 11.3. The van der Waals surface area contributed by atoms with Gasteiger partial charge in [0.1, 0.15) is 0 Å². The summed E-state index contributed by atoms with van der Waals surface area (Å²) in [7, 11) is 4.43. The monoisotopic (exact) mass is 234 g/mol. The number of hydrogen-bond donors (Lipinski definition) is 1. The maximum atomic E-state index is 6.77. The molecule has 2 nitrogen and oxygen atoms in total. The van der Waals surface area contributed by atoms with Gasteiger partial charge in [-0.2, -0.15) is 0 Å². The fourth-order valence-corrected chi connectivity index (χ4v) is 6.46. The first-order valence-electron chi connectivity index (χ1n) is 7.53. The van der Waals surface area contributed by atoms with Crippen LogP contribution in [0.5, 0.6) is 0 Å². The van der Waals surface area contributed by atoms with Gasteiger partial charge in [0.15, 0.2) is 0 Å². The van der Waals surface area contributed by atoms with Gasteiger partial charge in [-0.1, -0.05) is 6.42 Å². The largest absolute Gasteiger partial charge is 0.324 e. The Hall–Kier alpha value is -0.0800. The normalized spacial score (nSPS) is 59.3. The summed E-state index contributed by atoms with van der Waals surface area (Å²) in [5, 5.41) is 0. The molecule has 4 aliphatic carbocycles. The third kappa shape index (κ3) is 1.06. The van der Waals surface area contributed by atoms with E-state index in [1.54, 1.807) is 0 Å².